The molecule has 0 heterocycles. The molecule has 0 aliphatic heterocycles. The zero-order chi connectivity index (χ0) is 13.2. The third kappa shape index (κ3) is 11.5. The fraction of sp³-hybridized carbons (Fsp3) is 0.923. The van der Waals surface area contributed by atoms with Crippen molar-refractivity contribution in [3.63, 3.8) is 0 Å². The average Bonchev–Trinajstić information content (AvgIpc) is 2.18. The first-order valence-electron chi connectivity index (χ1n) is 6.32. The maximum atomic E-state index is 11.5. The van der Waals surface area contributed by atoms with Crippen molar-refractivity contribution in [2.75, 3.05) is 6.54 Å². The van der Waals surface area contributed by atoms with Gasteiger partial charge in [-0.1, -0.05) is 27.2 Å². The van der Waals surface area contributed by atoms with Crippen molar-refractivity contribution in [3.05, 3.63) is 0 Å². The first kappa shape index (κ1) is 17.8. The summed E-state index contributed by atoms with van der Waals surface area (Å²) in [6, 6.07) is 0. The van der Waals surface area contributed by atoms with Crippen molar-refractivity contribution >= 4 is 5.91 Å². The van der Waals surface area contributed by atoms with E-state index in [1.807, 2.05) is 34.6 Å². The van der Waals surface area contributed by atoms with E-state index in [1.165, 1.54) is 0 Å². The average molecular weight is 231 g/mol. The fourth-order valence-electron chi connectivity index (χ4n) is 1.12. The summed E-state index contributed by atoms with van der Waals surface area (Å²) in [6.45, 7) is 14.5. The van der Waals surface area contributed by atoms with E-state index in [-0.39, 0.29) is 17.6 Å². The summed E-state index contributed by atoms with van der Waals surface area (Å²) in [7, 11) is 0. The van der Waals surface area contributed by atoms with Crippen LogP contribution in [0.5, 0.6) is 0 Å². The van der Waals surface area contributed by atoms with Gasteiger partial charge in [0.25, 0.3) is 0 Å². The highest BCUT2D eigenvalue weighted by Gasteiger charge is 2.20. The lowest BCUT2D eigenvalue weighted by molar-refractivity contribution is -0.140. The molecule has 16 heavy (non-hydrogen) atoms. The molecule has 1 atom stereocenters. The lowest BCUT2D eigenvalue weighted by Gasteiger charge is -2.24. The maximum Gasteiger partial charge on any atom is 0.248 e. The van der Waals surface area contributed by atoms with E-state index in [1.54, 1.807) is 6.92 Å². The molecule has 3 nitrogen and oxygen atoms in total. The van der Waals surface area contributed by atoms with E-state index >= 15 is 0 Å². The second-order valence-electron chi connectivity index (χ2n) is 4.52. The minimum Gasteiger partial charge on any atom is -0.363 e. The minimum absolute atomic E-state index is 0.0200. The normalized spacial score (nSPS) is 12.4. The molecule has 0 aliphatic rings. The zero-order valence-electron chi connectivity index (χ0n) is 12.0. The Kier molecular flexibility index (Phi) is 10.7. The molecule has 0 fully saturated rings. The lowest BCUT2D eigenvalue weighted by atomic mass is 10.2. The second-order valence-corrected chi connectivity index (χ2v) is 4.52. The molecule has 0 rings (SSSR count). The summed E-state index contributed by atoms with van der Waals surface area (Å²) in [5.74, 6) is -0.0200. The third-order valence-electron chi connectivity index (χ3n) is 1.73. The standard InChI is InChI=1S/C11H23NO2.C2H6/c1-6-7-8-12-10(13)9(2)14-11(3,4)5;1-2/h9H,6-8H2,1-5H3,(H,12,13);1-2H3. The van der Waals surface area contributed by atoms with Crippen molar-refractivity contribution in [1.29, 1.82) is 0 Å². The Hall–Kier alpha value is -0.570. The SMILES string of the molecule is CC.CCCCNC(=O)C(C)OC(C)(C)C. The summed E-state index contributed by atoms with van der Waals surface area (Å²) in [5.41, 5.74) is -0.262. The highest BCUT2D eigenvalue weighted by atomic mass is 16.5. The van der Waals surface area contributed by atoms with E-state index in [9.17, 15) is 4.79 Å². The Labute approximate surface area is 101 Å². The molecule has 0 spiro atoms. The van der Waals surface area contributed by atoms with E-state index < -0.39 is 0 Å². The van der Waals surface area contributed by atoms with Crippen LogP contribution in [0.1, 0.15) is 61.3 Å². The Morgan fingerprint density at radius 3 is 2.19 bits per heavy atom. The molecule has 0 bridgehead atoms. The highest BCUT2D eigenvalue weighted by Crippen LogP contribution is 2.10. The van der Waals surface area contributed by atoms with Crippen LogP contribution in [0, 0.1) is 0 Å². The number of unbranched alkanes of at least 4 members (excludes halogenated alkanes) is 1. The van der Waals surface area contributed by atoms with E-state index in [0.29, 0.717) is 0 Å². The first-order chi connectivity index (χ1) is 7.37. The first-order valence-corrected chi connectivity index (χ1v) is 6.32. The van der Waals surface area contributed by atoms with Crippen LogP contribution in [-0.4, -0.2) is 24.2 Å². The number of amides is 1. The number of hydrogen-bond acceptors (Lipinski definition) is 2. The quantitative estimate of drug-likeness (QED) is 0.738. The number of rotatable bonds is 5. The van der Waals surface area contributed by atoms with Gasteiger partial charge in [-0.3, -0.25) is 4.79 Å². The van der Waals surface area contributed by atoms with Gasteiger partial charge in [0, 0.05) is 6.54 Å². The Balaban J connectivity index is 0. The van der Waals surface area contributed by atoms with Crippen LogP contribution in [0.25, 0.3) is 0 Å². The molecule has 0 saturated heterocycles. The Bertz CT molecular complexity index is 173. The molecule has 98 valence electrons. The van der Waals surface area contributed by atoms with Crippen LogP contribution >= 0.6 is 0 Å². The summed E-state index contributed by atoms with van der Waals surface area (Å²) < 4.78 is 5.52. The number of hydrogen-bond donors (Lipinski definition) is 1. The number of carbonyl (C=O) groups is 1. The maximum absolute atomic E-state index is 11.5. The van der Waals surface area contributed by atoms with Gasteiger partial charge >= 0.3 is 0 Å². The summed E-state index contributed by atoms with van der Waals surface area (Å²) in [5, 5.41) is 2.84. The van der Waals surface area contributed by atoms with Crippen LogP contribution in [-0.2, 0) is 9.53 Å². The minimum atomic E-state index is -0.369. The van der Waals surface area contributed by atoms with Gasteiger partial charge in [-0.15, -0.1) is 0 Å². The van der Waals surface area contributed by atoms with E-state index in [4.69, 9.17) is 4.74 Å². The summed E-state index contributed by atoms with van der Waals surface area (Å²) >= 11 is 0. The smallest absolute Gasteiger partial charge is 0.248 e. The van der Waals surface area contributed by atoms with Crippen LogP contribution in [0.15, 0.2) is 0 Å². The molecule has 0 aromatic rings. The van der Waals surface area contributed by atoms with E-state index in [0.717, 1.165) is 19.4 Å². The summed E-state index contributed by atoms with van der Waals surface area (Å²) in [4.78, 5) is 11.5. The number of nitrogens with one attached hydrogen (secondary N) is 1. The Morgan fingerprint density at radius 2 is 1.81 bits per heavy atom. The van der Waals surface area contributed by atoms with Gasteiger partial charge < -0.3 is 10.1 Å². The zero-order valence-corrected chi connectivity index (χ0v) is 12.0. The Morgan fingerprint density at radius 1 is 1.31 bits per heavy atom. The molecule has 0 aliphatic carbocycles. The molecular formula is C13H29NO2. The second kappa shape index (κ2) is 9.64. The molecule has 1 N–H and O–H groups in total. The van der Waals surface area contributed by atoms with Gasteiger partial charge in [0.05, 0.1) is 5.60 Å². The molecule has 0 saturated carbocycles. The highest BCUT2D eigenvalue weighted by molar-refractivity contribution is 5.80. The van der Waals surface area contributed by atoms with Gasteiger partial charge in [0.1, 0.15) is 6.10 Å². The molecule has 1 unspecified atom stereocenters. The predicted octanol–water partition coefficient (Wildman–Crippen LogP) is 3.13. The number of carbonyl (C=O) groups excluding carboxylic acids is 1. The molecule has 3 heteroatoms. The van der Waals surface area contributed by atoms with Crippen molar-refractivity contribution < 1.29 is 9.53 Å². The van der Waals surface area contributed by atoms with Crippen LogP contribution in [0.3, 0.4) is 0 Å². The van der Waals surface area contributed by atoms with Crippen molar-refractivity contribution in [3.8, 4) is 0 Å². The molecular weight excluding hydrogens is 202 g/mol. The number of ether oxygens (including phenoxy) is 1. The largest absolute Gasteiger partial charge is 0.363 e. The van der Waals surface area contributed by atoms with Crippen molar-refractivity contribution in [2.45, 2.75) is 73.0 Å². The summed E-state index contributed by atoms with van der Waals surface area (Å²) in [6.07, 6.45) is 1.75. The molecule has 1 amide bonds. The van der Waals surface area contributed by atoms with Crippen molar-refractivity contribution in [1.82, 2.24) is 5.32 Å². The van der Waals surface area contributed by atoms with Gasteiger partial charge in [0.2, 0.25) is 5.91 Å². The monoisotopic (exact) mass is 231 g/mol. The van der Waals surface area contributed by atoms with Gasteiger partial charge in [-0.25, -0.2) is 0 Å². The van der Waals surface area contributed by atoms with Crippen LogP contribution < -0.4 is 5.32 Å². The molecule has 0 aromatic carbocycles. The third-order valence-corrected chi connectivity index (χ3v) is 1.73. The molecule has 0 radical (unpaired) electrons. The fourth-order valence-corrected chi connectivity index (χ4v) is 1.12. The van der Waals surface area contributed by atoms with Gasteiger partial charge in [0.15, 0.2) is 0 Å². The van der Waals surface area contributed by atoms with Crippen LogP contribution in [0.4, 0.5) is 0 Å². The van der Waals surface area contributed by atoms with Gasteiger partial charge in [-0.05, 0) is 34.1 Å². The lowest BCUT2D eigenvalue weighted by Crippen LogP contribution is -2.39. The van der Waals surface area contributed by atoms with Crippen molar-refractivity contribution in [2.24, 2.45) is 0 Å². The van der Waals surface area contributed by atoms with E-state index in [2.05, 4.69) is 12.2 Å². The van der Waals surface area contributed by atoms with Gasteiger partial charge in [-0.2, -0.15) is 0 Å². The van der Waals surface area contributed by atoms with Crippen LogP contribution in [0.2, 0.25) is 0 Å². The molecule has 0 aromatic heterocycles. The topological polar surface area (TPSA) is 38.3 Å². The predicted molar refractivity (Wildman–Crippen MR) is 69.6 cm³/mol.